The van der Waals surface area contributed by atoms with Crippen LogP contribution in [-0.2, 0) is 5.79 Å². The summed E-state index contributed by atoms with van der Waals surface area (Å²) in [5.41, 5.74) is 5.87. The number of aliphatic imine (C=N–C) groups is 1. The maximum atomic E-state index is 13.3. The Morgan fingerprint density at radius 1 is 1.24 bits per heavy atom. The summed E-state index contributed by atoms with van der Waals surface area (Å²) in [6.07, 6.45) is -1.10. The van der Waals surface area contributed by atoms with Gasteiger partial charge in [0.25, 0.3) is 0 Å². The van der Waals surface area contributed by atoms with Crippen molar-refractivity contribution >= 4 is 6.21 Å². The zero-order chi connectivity index (χ0) is 17.7. The molecule has 1 aliphatic carbocycles. The highest BCUT2D eigenvalue weighted by molar-refractivity contribution is 5.82. The molecule has 25 heavy (non-hydrogen) atoms. The van der Waals surface area contributed by atoms with Crippen molar-refractivity contribution in [3.05, 3.63) is 35.2 Å². The minimum atomic E-state index is -4.53. The molecule has 1 saturated carbocycles. The first-order chi connectivity index (χ1) is 11.9. The molecule has 3 aliphatic rings. The topological polar surface area (TPSA) is 80.9 Å². The minimum Gasteiger partial charge on any atom is -0.454 e. The van der Waals surface area contributed by atoms with E-state index in [0.29, 0.717) is 17.1 Å². The van der Waals surface area contributed by atoms with Gasteiger partial charge in [0.2, 0.25) is 12.6 Å². The molecule has 4 rings (SSSR count). The molecule has 1 aromatic carbocycles. The molecule has 1 fully saturated rings. The number of nitrogens with two attached hydrogens (primary N) is 1. The number of ether oxygens (including phenoxy) is 2. The number of allylic oxidation sites excluding steroid dienone is 1. The van der Waals surface area contributed by atoms with E-state index in [9.17, 15) is 13.2 Å². The fourth-order valence-electron chi connectivity index (χ4n) is 2.89. The highest BCUT2D eigenvalue weighted by Crippen LogP contribution is 2.37. The Morgan fingerprint density at radius 2 is 2.00 bits per heavy atom. The van der Waals surface area contributed by atoms with Gasteiger partial charge in [0.1, 0.15) is 11.4 Å². The van der Waals surface area contributed by atoms with E-state index in [2.05, 4.69) is 15.6 Å². The zero-order valence-electron chi connectivity index (χ0n) is 13.2. The van der Waals surface area contributed by atoms with Crippen molar-refractivity contribution in [1.82, 2.24) is 10.6 Å². The van der Waals surface area contributed by atoms with Gasteiger partial charge in [-0.3, -0.25) is 5.73 Å². The third-order valence-corrected chi connectivity index (χ3v) is 4.55. The highest BCUT2D eigenvalue weighted by atomic mass is 19.4. The third-order valence-electron chi connectivity index (χ3n) is 4.55. The number of nitrogens with one attached hydrogen (secondary N) is 2. The van der Waals surface area contributed by atoms with Crippen molar-refractivity contribution in [2.75, 3.05) is 6.79 Å². The predicted octanol–water partition coefficient (Wildman–Crippen LogP) is 2.07. The van der Waals surface area contributed by atoms with Gasteiger partial charge in [0.15, 0.2) is 11.5 Å². The zero-order valence-corrected chi connectivity index (χ0v) is 13.2. The van der Waals surface area contributed by atoms with Gasteiger partial charge in [-0.2, -0.15) is 13.2 Å². The van der Waals surface area contributed by atoms with Crippen LogP contribution in [0.15, 0.2) is 34.6 Å². The maximum absolute atomic E-state index is 13.3. The standard InChI is InChI=1S/C16H17F3N4O2/c17-15(18,19)11-7-21-16(20,23-14(11)22-10-2-1-3-10)9-4-5-12-13(6-9)25-8-24-12/h4-7,10,22-23H,1-3,8,20H2. The summed E-state index contributed by atoms with van der Waals surface area (Å²) in [5.74, 6) is -0.626. The summed E-state index contributed by atoms with van der Waals surface area (Å²) in [7, 11) is 0. The molecule has 1 atom stereocenters. The molecular weight excluding hydrogens is 337 g/mol. The van der Waals surface area contributed by atoms with Gasteiger partial charge >= 0.3 is 6.18 Å². The first kappa shape index (κ1) is 16.1. The molecule has 0 spiro atoms. The van der Waals surface area contributed by atoms with E-state index in [1.54, 1.807) is 18.2 Å². The van der Waals surface area contributed by atoms with E-state index in [1.807, 2.05) is 0 Å². The molecule has 4 N–H and O–H groups in total. The lowest BCUT2D eigenvalue weighted by Gasteiger charge is -2.37. The number of nitrogens with zero attached hydrogens (tertiary/aromatic N) is 1. The van der Waals surface area contributed by atoms with E-state index in [-0.39, 0.29) is 18.7 Å². The van der Waals surface area contributed by atoms with Crippen molar-refractivity contribution in [2.45, 2.75) is 37.3 Å². The SMILES string of the molecule is NC1(c2ccc3c(c2)OCO3)N=CC(C(F)(F)F)=C(NC2CCC2)N1. The average Bonchev–Trinajstić information content (AvgIpc) is 2.97. The smallest absolute Gasteiger partial charge is 0.421 e. The number of hydrogen-bond acceptors (Lipinski definition) is 6. The van der Waals surface area contributed by atoms with Crippen molar-refractivity contribution in [2.24, 2.45) is 10.7 Å². The lowest BCUT2D eigenvalue weighted by atomic mass is 9.93. The number of hydrogen-bond donors (Lipinski definition) is 3. The quantitative estimate of drug-likeness (QED) is 0.774. The van der Waals surface area contributed by atoms with Crippen LogP contribution in [0.2, 0.25) is 0 Å². The van der Waals surface area contributed by atoms with Crippen LogP contribution in [-0.4, -0.2) is 25.2 Å². The fourth-order valence-corrected chi connectivity index (χ4v) is 2.89. The maximum Gasteiger partial charge on any atom is 0.421 e. The van der Waals surface area contributed by atoms with Gasteiger partial charge in [-0.05, 0) is 37.5 Å². The first-order valence-corrected chi connectivity index (χ1v) is 7.95. The number of halogens is 3. The van der Waals surface area contributed by atoms with E-state index in [0.717, 1.165) is 25.5 Å². The molecule has 2 heterocycles. The van der Waals surface area contributed by atoms with E-state index in [4.69, 9.17) is 15.2 Å². The highest BCUT2D eigenvalue weighted by Gasteiger charge is 2.42. The molecule has 1 aromatic rings. The van der Waals surface area contributed by atoms with Crippen molar-refractivity contribution < 1.29 is 22.6 Å². The molecule has 0 amide bonds. The minimum absolute atomic E-state index is 0.00681. The van der Waals surface area contributed by atoms with Gasteiger partial charge < -0.3 is 20.1 Å². The van der Waals surface area contributed by atoms with E-state index in [1.165, 1.54) is 0 Å². The van der Waals surface area contributed by atoms with Gasteiger partial charge in [0, 0.05) is 17.8 Å². The monoisotopic (exact) mass is 354 g/mol. The van der Waals surface area contributed by atoms with Crippen molar-refractivity contribution in [3.63, 3.8) is 0 Å². The summed E-state index contributed by atoms with van der Waals surface area (Å²) < 4.78 is 50.4. The normalized spacial score (nSPS) is 25.6. The molecule has 0 saturated heterocycles. The van der Waals surface area contributed by atoms with Crippen LogP contribution in [0.25, 0.3) is 0 Å². The molecule has 2 aliphatic heterocycles. The Labute approximate surface area is 141 Å². The average molecular weight is 354 g/mol. The predicted molar refractivity (Wildman–Crippen MR) is 83.9 cm³/mol. The molecule has 6 nitrogen and oxygen atoms in total. The van der Waals surface area contributed by atoms with Crippen LogP contribution in [0.5, 0.6) is 11.5 Å². The van der Waals surface area contributed by atoms with Crippen LogP contribution in [0.3, 0.4) is 0 Å². The molecule has 1 unspecified atom stereocenters. The lowest BCUT2D eigenvalue weighted by Crippen LogP contribution is -2.55. The van der Waals surface area contributed by atoms with Crippen LogP contribution in [0.4, 0.5) is 13.2 Å². The van der Waals surface area contributed by atoms with Crippen LogP contribution >= 0.6 is 0 Å². The first-order valence-electron chi connectivity index (χ1n) is 7.95. The van der Waals surface area contributed by atoms with E-state index < -0.39 is 17.5 Å². The molecule has 0 aromatic heterocycles. The van der Waals surface area contributed by atoms with Gasteiger partial charge in [-0.15, -0.1) is 0 Å². The fraction of sp³-hybridized carbons (Fsp3) is 0.438. The van der Waals surface area contributed by atoms with Crippen LogP contribution in [0, 0.1) is 0 Å². The van der Waals surface area contributed by atoms with Crippen LogP contribution < -0.4 is 25.8 Å². The number of fused-ring (bicyclic) bond motifs is 1. The lowest BCUT2D eigenvalue weighted by molar-refractivity contribution is -0.0877. The Kier molecular flexibility index (Phi) is 3.57. The molecule has 9 heteroatoms. The summed E-state index contributed by atoms with van der Waals surface area (Å²) in [6, 6.07) is 4.93. The molecule has 0 radical (unpaired) electrons. The molecular formula is C16H17F3N4O2. The van der Waals surface area contributed by atoms with Crippen LogP contribution in [0.1, 0.15) is 24.8 Å². The summed E-state index contributed by atoms with van der Waals surface area (Å²) in [6.45, 7) is 0.0969. The second-order valence-corrected chi connectivity index (χ2v) is 6.28. The summed E-state index contributed by atoms with van der Waals surface area (Å²) in [4.78, 5) is 3.93. The molecule has 0 bridgehead atoms. The van der Waals surface area contributed by atoms with Crippen molar-refractivity contribution in [1.29, 1.82) is 0 Å². The third kappa shape index (κ3) is 2.88. The Bertz CT molecular complexity index is 758. The summed E-state index contributed by atoms with van der Waals surface area (Å²) >= 11 is 0. The van der Waals surface area contributed by atoms with E-state index >= 15 is 0 Å². The number of benzene rings is 1. The van der Waals surface area contributed by atoms with Crippen molar-refractivity contribution in [3.8, 4) is 11.5 Å². The Hall–Kier alpha value is -2.42. The Morgan fingerprint density at radius 3 is 2.68 bits per heavy atom. The Balaban J connectivity index is 1.66. The second-order valence-electron chi connectivity index (χ2n) is 6.28. The summed E-state index contributed by atoms with van der Waals surface area (Å²) in [5, 5.41) is 5.64. The second kappa shape index (κ2) is 5.55. The van der Waals surface area contributed by atoms with Gasteiger partial charge in [0.05, 0.1) is 0 Å². The number of alkyl halides is 3. The van der Waals surface area contributed by atoms with Gasteiger partial charge in [-0.25, -0.2) is 4.99 Å². The van der Waals surface area contributed by atoms with Gasteiger partial charge in [-0.1, -0.05) is 0 Å². The largest absolute Gasteiger partial charge is 0.454 e. The molecule has 134 valence electrons. The number of rotatable bonds is 3.